The molecule has 1 amide bonds. The minimum Gasteiger partial charge on any atom is -0.360 e. The Kier molecular flexibility index (Phi) is 6.96. The number of alkyl halides is 3. The molecule has 32 heavy (non-hydrogen) atoms. The Balaban J connectivity index is 1.65. The van der Waals surface area contributed by atoms with Crippen molar-refractivity contribution in [3.8, 4) is 0 Å². The van der Waals surface area contributed by atoms with Gasteiger partial charge >= 0.3 is 6.18 Å². The van der Waals surface area contributed by atoms with Gasteiger partial charge in [0.1, 0.15) is 0 Å². The van der Waals surface area contributed by atoms with Gasteiger partial charge in [0.25, 0.3) is 5.91 Å². The molecule has 170 valence electrons. The first-order valence-corrected chi connectivity index (χ1v) is 10.9. The topological polar surface area (TPSA) is 32.8 Å². The van der Waals surface area contributed by atoms with Gasteiger partial charge < -0.3 is 14.5 Å². The Morgan fingerprint density at radius 2 is 1.66 bits per heavy atom. The fourth-order valence-corrected chi connectivity index (χ4v) is 4.36. The molecule has 1 unspecified atom stereocenters. The zero-order valence-electron chi connectivity index (χ0n) is 17.8. The summed E-state index contributed by atoms with van der Waals surface area (Å²) in [6.45, 7) is 3.36. The second kappa shape index (κ2) is 9.88. The predicted octanol–water partition coefficient (Wildman–Crippen LogP) is 5.00. The molecule has 2 aliphatic rings. The number of halogens is 3. The molecule has 1 fully saturated rings. The molecule has 0 radical (unpaired) electrons. The van der Waals surface area contributed by atoms with Crippen LogP contribution in [-0.2, 0) is 15.7 Å². The van der Waals surface area contributed by atoms with Gasteiger partial charge in [-0.3, -0.25) is 4.79 Å². The molecule has 1 saturated heterocycles. The Morgan fingerprint density at radius 1 is 0.969 bits per heavy atom. The SMILES string of the molecule is O=C1C(c2ccc(C(F)(F)F)cc2)OC/C=C\CN1[C@H](CN1CCCC1)c1ccccc1. The van der Waals surface area contributed by atoms with E-state index in [4.69, 9.17) is 4.74 Å². The molecule has 2 aliphatic heterocycles. The first-order chi connectivity index (χ1) is 15.4. The largest absolute Gasteiger partial charge is 0.416 e. The number of benzene rings is 2. The zero-order chi connectivity index (χ0) is 22.6. The van der Waals surface area contributed by atoms with E-state index in [1.165, 1.54) is 12.1 Å². The lowest BCUT2D eigenvalue weighted by Gasteiger charge is -2.37. The van der Waals surface area contributed by atoms with Crippen molar-refractivity contribution >= 4 is 5.91 Å². The number of nitrogens with zero attached hydrogens (tertiary/aromatic N) is 2. The van der Waals surface area contributed by atoms with Crippen LogP contribution in [0.4, 0.5) is 13.2 Å². The molecule has 2 heterocycles. The molecule has 0 bridgehead atoms. The summed E-state index contributed by atoms with van der Waals surface area (Å²) < 4.78 is 44.8. The van der Waals surface area contributed by atoms with E-state index in [0.29, 0.717) is 18.7 Å². The molecular formula is C25H27F3N2O2. The van der Waals surface area contributed by atoms with E-state index < -0.39 is 17.8 Å². The van der Waals surface area contributed by atoms with Gasteiger partial charge in [-0.25, -0.2) is 0 Å². The smallest absolute Gasteiger partial charge is 0.360 e. The summed E-state index contributed by atoms with van der Waals surface area (Å²) in [6, 6.07) is 14.4. The van der Waals surface area contributed by atoms with E-state index in [0.717, 1.165) is 43.6 Å². The van der Waals surface area contributed by atoms with Crippen molar-refractivity contribution in [2.45, 2.75) is 31.2 Å². The number of carbonyl (C=O) groups is 1. The Hall–Kier alpha value is -2.64. The minimum atomic E-state index is -4.42. The lowest BCUT2D eigenvalue weighted by molar-refractivity contribution is -0.146. The first kappa shape index (κ1) is 22.6. The van der Waals surface area contributed by atoms with Gasteiger partial charge in [-0.2, -0.15) is 13.2 Å². The maximum atomic E-state index is 13.7. The van der Waals surface area contributed by atoms with Crippen LogP contribution in [0.5, 0.6) is 0 Å². The van der Waals surface area contributed by atoms with Crippen LogP contribution in [0.25, 0.3) is 0 Å². The summed E-state index contributed by atoms with van der Waals surface area (Å²) in [5, 5.41) is 0. The molecule has 2 atom stereocenters. The third kappa shape index (κ3) is 5.22. The molecule has 0 N–H and O–H groups in total. The average Bonchev–Trinajstić information content (AvgIpc) is 3.29. The third-order valence-corrected chi connectivity index (χ3v) is 6.07. The number of carbonyl (C=O) groups excluding carboxylic acids is 1. The molecule has 0 aromatic heterocycles. The van der Waals surface area contributed by atoms with Crippen LogP contribution in [-0.4, -0.2) is 48.5 Å². The van der Waals surface area contributed by atoms with E-state index in [2.05, 4.69) is 4.90 Å². The number of hydrogen-bond donors (Lipinski definition) is 0. The van der Waals surface area contributed by atoms with Crippen LogP contribution in [0, 0.1) is 0 Å². The maximum absolute atomic E-state index is 13.7. The quantitative estimate of drug-likeness (QED) is 0.609. The number of amides is 1. The highest BCUT2D eigenvalue weighted by molar-refractivity contribution is 5.83. The van der Waals surface area contributed by atoms with Crippen LogP contribution in [0.15, 0.2) is 66.7 Å². The van der Waals surface area contributed by atoms with Gasteiger partial charge in [-0.1, -0.05) is 54.6 Å². The number of rotatable bonds is 5. The standard InChI is InChI=1S/C25H27F3N2O2/c26-25(27,28)21-12-10-20(11-13-21)23-24(31)30(16-6-7-17-32-23)22(18-29-14-4-5-15-29)19-8-2-1-3-9-19/h1-3,6-13,22-23H,4-5,14-18H2/b7-6-/t22-,23?/m1/s1. The Morgan fingerprint density at radius 3 is 2.31 bits per heavy atom. The van der Waals surface area contributed by atoms with Gasteiger partial charge in [0, 0.05) is 13.1 Å². The second-order valence-corrected chi connectivity index (χ2v) is 8.23. The summed E-state index contributed by atoms with van der Waals surface area (Å²) in [6.07, 6.45) is 0.689. The highest BCUT2D eigenvalue weighted by Crippen LogP contribution is 2.33. The van der Waals surface area contributed by atoms with Crippen LogP contribution >= 0.6 is 0 Å². The lowest BCUT2D eigenvalue weighted by Crippen LogP contribution is -2.44. The minimum absolute atomic E-state index is 0.176. The van der Waals surface area contributed by atoms with Crippen LogP contribution < -0.4 is 0 Å². The zero-order valence-corrected chi connectivity index (χ0v) is 17.8. The van der Waals surface area contributed by atoms with Crippen molar-refractivity contribution in [3.63, 3.8) is 0 Å². The maximum Gasteiger partial charge on any atom is 0.416 e. The molecular weight excluding hydrogens is 417 g/mol. The third-order valence-electron chi connectivity index (χ3n) is 6.07. The summed E-state index contributed by atoms with van der Waals surface area (Å²) in [4.78, 5) is 17.9. The summed E-state index contributed by atoms with van der Waals surface area (Å²) in [7, 11) is 0. The molecule has 4 rings (SSSR count). The van der Waals surface area contributed by atoms with E-state index in [1.807, 2.05) is 42.5 Å². The second-order valence-electron chi connectivity index (χ2n) is 8.23. The monoisotopic (exact) mass is 444 g/mol. The summed E-state index contributed by atoms with van der Waals surface area (Å²) in [5.74, 6) is -0.234. The van der Waals surface area contributed by atoms with E-state index in [9.17, 15) is 18.0 Å². The molecule has 2 aromatic carbocycles. The fraction of sp³-hybridized carbons (Fsp3) is 0.400. The van der Waals surface area contributed by atoms with Crippen molar-refractivity contribution in [2.75, 3.05) is 32.8 Å². The van der Waals surface area contributed by atoms with Gasteiger partial charge in [0.15, 0.2) is 6.10 Å². The molecule has 2 aromatic rings. The van der Waals surface area contributed by atoms with Crippen molar-refractivity contribution in [3.05, 3.63) is 83.4 Å². The van der Waals surface area contributed by atoms with Crippen molar-refractivity contribution < 1.29 is 22.7 Å². The van der Waals surface area contributed by atoms with Crippen LogP contribution in [0.1, 0.15) is 41.7 Å². The Labute approximate surface area is 186 Å². The average molecular weight is 444 g/mol. The van der Waals surface area contributed by atoms with Gasteiger partial charge in [-0.15, -0.1) is 0 Å². The molecule has 7 heteroatoms. The highest BCUT2D eigenvalue weighted by Gasteiger charge is 2.35. The van der Waals surface area contributed by atoms with Crippen LogP contribution in [0.2, 0.25) is 0 Å². The molecule has 0 spiro atoms. The van der Waals surface area contributed by atoms with Gasteiger partial charge in [0.05, 0.1) is 18.2 Å². The van der Waals surface area contributed by atoms with E-state index >= 15 is 0 Å². The molecule has 0 saturated carbocycles. The van der Waals surface area contributed by atoms with Crippen molar-refractivity contribution in [1.82, 2.24) is 9.80 Å². The van der Waals surface area contributed by atoms with E-state index in [-0.39, 0.29) is 18.6 Å². The predicted molar refractivity (Wildman–Crippen MR) is 116 cm³/mol. The Bertz CT molecular complexity index is 922. The highest BCUT2D eigenvalue weighted by atomic mass is 19.4. The number of ether oxygens (including phenoxy) is 1. The normalized spacial score (nSPS) is 22.4. The number of hydrogen-bond acceptors (Lipinski definition) is 3. The van der Waals surface area contributed by atoms with E-state index in [1.54, 1.807) is 4.90 Å². The number of likely N-dealkylation sites (tertiary alicyclic amines) is 1. The van der Waals surface area contributed by atoms with Crippen molar-refractivity contribution in [2.24, 2.45) is 0 Å². The first-order valence-electron chi connectivity index (χ1n) is 10.9. The fourth-order valence-electron chi connectivity index (χ4n) is 4.36. The summed E-state index contributed by atoms with van der Waals surface area (Å²) in [5.41, 5.74) is 0.719. The van der Waals surface area contributed by atoms with Gasteiger partial charge in [-0.05, 0) is 49.2 Å². The van der Waals surface area contributed by atoms with Crippen molar-refractivity contribution in [1.29, 1.82) is 0 Å². The lowest BCUT2D eigenvalue weighted by atomic mass is 10.0. The van der Waals surface area contributed by atoms with Gasteiger partial charge in [0.2, 0.25) is 0 Å². The molecule has 0 aliphatic carbocycles. The summed E-state index contributed by atoms with van der Waals surface area (Å²) >= 11 is 0. The van der Waals surface area contributed by atoms with Crippen LogP contribution in [0.3, 0.4) is 0 Å². The molecule has 4 nitrogen and oxygen atoms in total.